The van der Waals surface area contributed by atoms with Gasteiger partial charge in [-0.1, -0.05) is 19.4 Å². The van der Waals surface area contributed by atoms with E-state index in [1.54, 1.807) is 27.0 Å². The molecule has 0 saturated carbocycles. The molecule has 1 spiro atoms. The zero-order valence-electron chi connectivity index (χ0n) is 22.8. The largest absolute Gasteiger partial charge is 0.444 e. The molecule has 0 unspecified atom stereocenters. The lowest BCUT2D eigenvalue weighted by Gasteiger charge is -2.53. The lowest BCUT2D eigenvalue weighted by atomic mass is 9.81. The number of carbonyl (C=O) groups excluding carboxylic acids is 3. The van der Waals surface area contributed by atoms with Crippen LogP contribution in [-0.2, 0) is 14.3 Å². The van der Waals surface area contributed by atoms with Gasteiger partial charge in [0.1, 0.15) is 17.7 Å². The number of amides is 3. The van der Waals surface area contributed by atoms with Crippen LogP contribution >= 0.6 is 0 Å². The van der Waals surface area contributed by atoms with E-state index in [4.69, 9.17) is 4.74 Å². The summed E-state index contributed by atoms with van der Waals surface area (Å²) in [4.78, 5) is 49.7. The first-order chi connectivity index (χ1) is 17.9. The van der Waals surface area contributed by atoms with E-state index in [1.165, 1.54) is 10.9 Å². The Morgan fingerprint density at radius 3 is 2.45 bits per heavy atom. The second-order valence-corrected chi connectivity index (χ2v) is 11.1. The van der Waals surface area contributed by atoms with Gasteiger partial charge < -0.3 is 19.4 Å². The first kappa shape index (κ1) is 27.5. The second kappa shape index (κ2) is 10.7. The van der Waals surface area contributed by atoms with Crippen molar-refractivity contribution in [2.45, 2.75) is 77.5 Å². The summed E-state index contributed by atoms with van der Waals surface area (Å²) in [6.07, 6.45) is 5.96. The lowest BCUT2D eigenvalue weighted by molar-refractivity contribution is -0.171. The molecular formula is C27H37FN6O4. The molecule has 3 amide bonds. The summed E-state index contributed by atoms with van der Waals surface area (Å²) in [6.45, 7) is 10.5. The fourth-order valence-electron chi connectivity index (χ4n) is 5.15. The molecule has 0 aliphatic carbocycles. The first-order valence-electron chi connectivity index (χ1n) is 13.2. The summed E-state index contributed by atoms with van der Waals surface area (Å²) >= 11 is 0. The molecule has 4 rings (SSSR count). The van der Waals surface area contributed by atoms with Crippen LogP contribution in [0.25, 0.3) is 5.82 Å². The quantitative estimate of drug-likeness (QED) is 0.567. The summed E-state index contributed by atoms with van der Waals surface area (Å²) in [7, 11) is 0. The number of rotatable bonds is 6. The van der Waals surface area contributed by atoms with Gasteiger partial charge in [-0.15, -0.1) is 0 Å². The predicted molar refractivity (Wildman–Crippen MR) is 138 cm³/mol. The Kier molecular flexibility index (Phi) is 7.75. The van der Waals surface area contributed by atoms with Gasteiger partial charge in [-0.05, 0) is 58.6 Å². The Morgan fingerprint density at radius 1 is 1.18 bits per heavy atom. The first-order valence-corrected chi connectivity index (χ1v) is 13.2. The molecule has 1 atom stereocenters. The average molecular weight is 529 g/mol. The minimum absolute atomic E-state index is 0.0205. The Balaban J connectivity index is 1.56. The van der Waals surface area contributed by atoms with E-state index in [0.29, 0.717) is 38.3 Å². The molecule has 2 fully saturated rings. The van der Waals surface area contributed by atoms with Crippen molar-refractivity contribution in [2.24, 2.45) is 0 Å². The molecule has 2 aromatic heterocycles. The van der Waals surface area contributed by atoms with Crippen LogP contribution in [0.15, 0.2) is 30.7 Å². The van der Waals surface area contributed by atoms with Gasteiger partial charge in [-0.3, -0.25) is 9.59 Å². The minimum atomic E-state index is -1.00. The van der Waals surface area contributed by atoms with Crippen LogP contribution in [0.3, 0.4) is 0 Å². The maximum atomic E-state index is 14.2. The van der Waals surface area contributed by atoms with E-state index in [9.17, 15) is 18.8 Å². The van der Waals surface area contributed by atoms with Crippen molar-refractivity contribution < 1.29 is 23.5 Å². The van der Waals surface area contributed by atoms with Crippen molar-refractivity contribution in [1.82, 2.24) is 29.5 Å². The van der Waals surface area contributed by atoms with Crippen LogP contribution in [0.2, 0.25) is 0 Å². The number of aromatic nitrogens is 3. The third kappa shape index (κ3) is 5.51. The highest BCUT2D eigenvalue weighted by Crippen LogP contribution is 2.38. The Morgan fingerprint density at radius 2 is 1.89 bits per heavy atom. The van der Waals surface area contributed by atoms with Crippen molar-refractivity contribution in [3.05, 3.63) is 42.1 Å². The maximum absolute atomic E-state index is 14.2. The molecular weight excluding hydrogens is 491 g/mol. The molecule has 206 valence electrons. The van der Waals surface area contributed by atoms with Gasteiger partial charge in [0.25, 0.3) is 0 Å². The number of hydrogen-bond acceptors (Lipinski definition) is 6. The van der Waals surface area contributed by atoms with Crippen LogP contribution in [0.4, 0.5) is 9.18 Å². The second-order valence-electron chi connectivity index (χ2n) is 11.1. The molecule has 0 N–H and O–H groups in total. The van der Waals surface area contributed by atoms with Gasteiger partial charge in [0.05, 0.1) is 18.4 Å². The average Bonchev–Trinajstić information content (AvgIpc) is 3.31. The fourth-order valence-corrected chi connectivity index (χ4v) is 5.15. The van der Waals surface area contributed by atoms with Crippen LogP contribution in [0.1, 0.15) is 71.9 Å². The number of halogens is 1. The maximum Gasteiger partial charge on any atom is 0.410 e. The highest BCUT2D eigenvalue weighted by molar-refractivity contribution is 5.98. The third-order valence-electron chi connectivity index (χ3n) is 7.27. The van der Waals surface area contributed by atoms with Crippen LogP contribution in [0.5, 0.6) is 0 Å². The van der Waals surface area contributed by atoms with Crippen LogP contribution in [0, 0.1) is 5.82 Å². The van der Waals surface area contributed by atoms with Crippen molar-refractivity contribution in [1.29, 1.82) is 0 Å². The SMILES string of the molecule is CCCCN1C(=O)CN([C@@H](C)c2ccc(-n3cc(F)cn3)nc2)C(=O)C12CCN(C(=O)OC(C)(C)C)CC2. The molecule has 0 aromatic carbocycles. The zero-order valence-corrected chi connectivity index (χ0v) is 22.8. The number of piperidine rings is 1. The number of unbranched alkanes of at least 4 members (excludes halogenated alkanes) is 1. The molecule has 10 nitrogen and oxygen atoms in total. The van der Waals surface area contributed by atoms with Gasteiger partial charge >= 0.3 is 6.09 Å². The number of hydrogen-bond donors (Lipinski definition) is 0. The summed E-state index contributed by atoms with van der Waals surface area (Å²) in [5.74, 6) is -0.213. The topological polar surface area (TPSA) is 101 Å². The van der Waals surface area contributed by atoms with Crippen LogP contribution in [-0.4, -0.2) is 84.7 Å². The minimum Gasteiger partial charge on any atom is -0.444 e. The molecule has 4 heterocycles. The third-order valence-corrected chi connectivity index (χ3v) is 7.27. The number of likely N-dealkylation sites (tertiary alicyclic amines) is 1. The lowest BCUT2D eigenvalue weighted by Crippen LogP contribution is -2.71. The normalized spacial score (nSPS) is 18.7. The molecule has 0 bridgehead atoms. The summed E-state index contributed by atoms with van der Waals surface area (Å²) in [6, 6.07) is 3.11. The molecule has 0 radical (unpaired) electrons. The number of piperazine rings is 1. The number of nitrogens with zero attached hydrogens (tertiary/aromatic N) is 6. The molecule has 2 saturated heterocycles. The zero-order chi connectivity index (χ0) is 27.7. The highest BCUT2D eigenvalue weighted by Gasteiger charge is 2.54. The van der Waals surface area contributed by atoms with E-state index in [1.807, 2.05) is 33.8 Å². The van der Waals surface area contributed by atoms with Crippen LogP contribution < -0.4 is 0 Å². The Bertz CT molecular complexity index is 1170. The molecule has 38 heavy (non-hydrogen) atoms. The summed E-state index contributed by atoms with van der Waals surface area (Å²) < 4.78 is 20.2. The van der Waals surface area contributed by atoms with E-state index < -0.39 is 29.1 Å². The predicted octanol–water partition coefficient (Wildman–Crippen LogP) is 3.71. The van der Waals surface area contributed by atoms with E-state index in [2.05, 4.69) is 17.0 Å². The molecule has 11 heteroatoms. The van der Waals surface area contributed by atoms with Crippen molar-refractivity contribution >= 4 is 17.9 Å². The van der Waals surface area contributed by atoms with Gasteiger partial charge in [0, 0.05) is 25.8 Å². The van der Waals surface area contributed by atoms with Gasteiger partial charge in [0.15, 0.2) is 11.6 Å². The Hall–Kier alpha value is -3.50. The number of pyridine rings is 1. The molecule has 2 aliphatic heterocycles. The number of carbonyl (C=O) groups is 3. The summed E-state index contributed by atoms with van der Waals surface area (Å²) in [5, 5.41) is 3.93. The highest BCUT2D eigenvalue weighted by atomic mass is 19.1. The molecule has 2 aliphatic rings. The Labute approximate surface area is 222 Å². The molecule has 2 aromatic rings. The van der Waals surface area contributed by atoms with Crippen molar-refractivity contribution in [3.63, 3.8) is 0 Å². The monoisotopic (exact) mass is 528 g/mol. The van der Waals surface area contributed by atoms with Gasteiger partial charge in [0.2, 0.25) is 11.8 Å². The standard InChI is InChI=1S/C27H37FN6O4/c1-6-7-12-33-23(35)18-32(19(2)20-8-9-22(29-15-20)34-17-21(28)16-30-34)24(36)27(33)10-13-31(14-11-27)25(37)38-26(3,4)5/h8-9,15-17,19H,6-7,10-14,18H2,1-5H3/t19-/m0/s1. The number of ether oxygens (including phenoxy) is 1. The van der Waals surface area contributed by atoms with Gasteiger partial charge in [-0.25, -0.2) is 18.9 Å². The van der Waals surface area contributed by atoms with E-state index in [-0.39, 0.29) is 18.4 Å². The van der Waals surface area contributed by atoms with Crippen molar-refractivity contribution in [3.8, 4) is 5.82 Å². The summed E-state index contributed by atoms with van der Waals surface area (Å²) in [5.41, 5.74) is -0.861. The van der Waals surface area contributed by atoms with Crippen molar-refractivity contribution in [2.75, 3.05) is 26.2 Å². The van der Waals surface area contributed by atoms with Gasteiger partial charge in [-0.2, -0.15) is 5.10 Å². The van der Waals surface area contributed by atoms with E-state index in [0.717, 1.165) is 24.6 Å². The van der Waals surface area contributed by atoms with E-state index >= 15 is 0 Å². The fraction of sp³-hybridized carbons (Fsp3) is 0.593. The smallest absolute Gasteiger partial charge is 0.410 e.